The van der Waals surface area contributed by atoms with E-state index in [1.807, 2.05) is 52.8 Å². The predicted octanol–water partition coefficient (Wildman–Crippen LogP) is 7.84. The summed E-state index contributed by atoms with van der Waals surface area (Å²) in [6.45, 7) is 16.0. The van der Waals surface area contributed by atoms with Crippen LogP contribution >= 0.6 is 0 Å². The Morgan fingerprint density at radius 1 is 1.15 bits per heavy atom. The van der Waals surface area contributed by atoms with Gasteiger partial charge in [-0.2, -0.15) is 0 Å². The topological polar surface area (TPSA) is 71.8 Å². The van der Waals surface area contributed by atoms with Crippen LogP contribution in [0.3, 0.4) is 0 Å². The summed E-state index contributed by atoms with van der Waals surface area (Å²) >= 11 is 0. The summed E-state index contributed by atoms with van der Waals surface area (Å²) in [5.41, 5.74) is 1.95. The Kier molecular flexibility index (Phi) is 20.1. The highest BCUT2D eigenvalue weighted by molar-refractivity contribution is 6.00. The van der Waals surface area contributed by atoms with Crippen molar-refractivity contribution in [2.75, 3.05) is 7.11 Å². The van der Waals surface area contributed by atoms with Crippen LogP contribution in [0.25, 0.3) is 0 Å². The van der Waals surface area contributed by atoms with Gasteiger partial charge < -0.3 is 9.84 Å². The molecule has 2 aromatic rings. The summed E-state index contributed by atoms with van der Waals surface area (Å²) in [5, 5.41) is 10.3. The van der Waals surface area contributed by atoms with Gasteiger partial charge in [-0.05, 0) is 37.6 Å². The molecule has 5 nitrogen and oxygen atoms in total. The van der Waals surface area contributed by atoms with Crippen LogP contribution in [0.15, 0.2) is 59.2 Å². The van der Waals surface area contributed by atoms with Crippen molar-refractivity contribution in [2.45, 2.75) is 80.7 Å². The molecule has 0 saturated carbocycles. The number of esters is 1. The second-order valence-electron chi connectivity index (χ2n) is 6.59. The van der Waals surface area contributed by atoms with Crippen molar-refractivity contribution in [3.8, 4) is 5.75 Å². The fraction of sp³-hybridized carbons (Fsp3) is 0.464. The molecular weight excluding hydrogens is 431 g/mol. The van der Waals surface area contributed by atoms with E-state index in [-0.39, 0.29) is 11.3 Å². The Labute approximate surface area is 205 Å². The zero-order chi connectivity index (χ0) is 26.5. The molecule has 0 aliphatic carbocycles. The quantitative estimate of drug-likeness (QED) is 0.252. The van der Waals surface area contributed by atoms with Gasteiger partial charge in [-0.25, -0.2) is 9.18 Å². The fourth-order valence-corrected chi connectivity index (χ4v) is 2.74. The van der Waals surface area contributed by atoms with E-state index >= 15 is 0 Å². The Balaban J connectivity index is 0. The molecule has 6 heteroatoms. The number of phenols is 1. The highest BCUT2D eigenvalue weighted by Crippen LogP contribution is 2.34. The number of carbonyl (C=O) groups is 1. The molecule has 1 atom stereocenters. The monoisotopic (exact) mass is 474 g/mol. The van der Waals surface area contributed by atoms with Crippen molar-refractivity contribution >= 4 is 11.7 Å². The van der Waals surface area contributed by atoms with E-state index in [2.05, 4.69) is 18.8 Å². The molecule has 0 saturated heterocycles. The van der Waals surface area contributed by atoms with Crippen LogP contribution in [0, 0.1) is 5.82 Å². The van der Waals surface area contributed by atoms with Crippen LogP contribution in [0.5, 0.6) is 5.75 Å². The number of allylic oxidation sites excluding steroid dienone is 1. The predicted molar refractivity (Wildman–Crippen MR) is 141 cm³/mol. The van der Waals surface area contributed by atoms with E-state index in [1.54, 1.807) is 19.2 Å². The first-order chi connectivity index (χ1) is 16.4. The first-order valence-corrected chi connectivity index (χ1v) is 12.1. The second kappa shape index (κ2) is 20.6. The van der Waals surface area contributed by atoms with E-state index in [4.69, 9.17) is 9.73 Å². The molecule has 1 aromatic heterocycles. The zero-order valence-electron chi connectivity index (χ0n) is 22.4. The van der Waals surface area contributed by atoms with Crippen LogP contribution in [-0.2, 0) is 9.53 Å². The van der Waals surface area contributed by atoms with Gasteiger partial charge in [0.1, 0.15) is 17.6 Å². The third kappa shape index (κ3) is 11.2. The highest BCUT2D eigenvalue weighted by atomic mass is 19.1. The van der Waals surface area contributed by atoms with Gasteiger partial charge in [0.2, 0.25) is 0 Å². The second-order valence-corrected chi connectivity index (χ2v) is 6.59. The van der Waals surface area contributed by atoms with Gasteiger partial charge in [0.05, 0.1) is 24.1 Å². The average molecular weight is 475 g/mol. The number of methoxy groups -OCH3 is 1. The fourth-order valence-electron chi connectivity index (χ4n) is 2.74. The first-order valence-electron chi connectivity index (χ1n) is 12.1. The third-order valence-electron chi connectivity index (χ3n) is 4.05. The number of nitrogens with zero attached hydrogens (tertiary/aromatic N) is 2. The summed E-state index contributed by atoms with van der Waals surface area (Å²) < 4.78 is 18.3. The Hall–Kier alpha value is -3.02. The SMILES string of the molecule is C/C=C(/C(=O)OC)C(N=C(CCC)c1ccccn1)c1ccc(F)cc1O.CC.CC.CCC. The van der Waals surface area contributed by atoms with Crippen molar-refractivity contribution in [1.29, 1.82) is 0 Å². The molecule has 0 aliphatic heterocycles. The molecule has 1 heterocycles. The van der Waals surface area contributed by atoms with Gasteiger partial charge in [-0.3, -0.25) is 9.98 Å². The molecule has 1 unspecified atom stereocenters. The molecule has 0 aliphatic rings. The molecular formula is C28H43FN2O3. The molecule has 0 fully saturated rings. The van der Waals surface area contributed by atoms with Crippen LogP contribution in [-0.4, -0.2) is 28.9 Å². The third-order valence-corrected chi connectivity index (χ3v) is 4.05. The number of carbonyl (C=O) groups excluding carboxylic acids is 1. The highest BCUT2D eigenvalue weighted by Gasteiger charge is 2.26. The summed E-state index contributed by atoms with van der Waals surface area (Å²) in [5.74, 6) is -1.41. The first kappa shape index (κ1) is 33.2. The number of rotatable bonds is 7. The maximum Gasteiger partial charge on any atom is 0.335 e. The minimum atomic E-state index is -0.841. The lowest BCUT2D eigenvalue weighted by Crippen LogP contribution is -2.15. The van der Waals surface area contributed by atoms with Gasteiger partial charge in [0, 0.05) is 17.8 Å². The minimum absolute atomic E-state index is 0.254. The number of phenolic OH excluding ortho intramolecular Hbond substituents is 1. The van der Waals surface area contributed by atoms with E-state index in [0.717, 1.165) is 12.5 Å². The maximum absolute atomic E-state index is 13.5. The largest absolute Gasteiger partial charge is 0.507 e. The van der Waals surface area contributed by atoms with Crippen LogP contribution in [0.1, 0.15) is 92.0 Å². The molecule has 34 heavy (non-hydrogen) atoms. The van der Waals surface area contributed by atoms with Crippen LogP contribution < -0.4 is 0 Å². The minimum Gasteiger partial charge on any atom is -0.507 e. The molecule has 2 rings (SSSR count). The lowest BCUT2D eigenvalue weighted by atomic mass is 9.97. The zero-order valence-corrected chi connectivity index (χ0v) is 22.4. The van der Waals surface area contributed by atoms with Gasteiger partial charge >= 0.3 is 5.97 Å². The lowest BCUT2D eigenvalue weighted by molar-refractivity contribution is -0.136. The summed E-state index contributed by atoms with van der Waals surface area (Å²) in [7, 11) is 1.28. The molecule has 0 amide bonds. The number of benzene rings is 1. The maximum atomic E-state index is 13.5. The molecule has 0 spiro atoms. The van der Waals surface area contributed by atoms with E-state index in [0.29, 0.717) is 23.4 Å². The summed E-state index contributed by atoms with van der Waals surface area (Å²) in [6.07, 6.45) is 5.96. The number of pyridine rings is 1. The Bertz CT molecular complexity index is 865. The van der Waals surface area contributed by atoms with Crippen molar-refractivity contribution < 1.29 is 19.0 Å². The van der Waals surface area contributed by atoms with E-state index in [9.17, 15) is 14.3 Å². The molecule has 1 aromatic carbocycles. The van der Waals surface area contributed by atoms with Crippen LogP contribution in [0.4, 0.5) is 4.39 Å². The number of aromatic nitrogens is 1. The van der Waals surface area contributed by atoms with Gasteiger partial charge in [0.15, 0.2) is 0 Å². The van der Waals surface area contributed by atoms with Crippen molar-refractivity contribution in [3.63, 3.8) is 0 Å². The van der Waals surface area contributed by atoms with E-state index < -0.39 is 17.8 Å². The lowest BCUT2D eigenvalue weighted by Gasteiger charge is -2.19. The van der Waals surface area contributed by atoms with Gasteiger partial charge in [-0.1, -0.05) is 73.5 Å². The van der Waals surface area contributed by atoms with Crippen molar-refractivity contribution in [2.24, 2.45) is 4.99 Å². The number of aliphatic imine (C=N–C) groups is 1. The Morgan fingerprint density at radius 3 is 2.21 bits per heavy atom. The number of hydrogen-bond donors (Lipinski definition) is 1. The number of hydrogen-bond acceptors (Lipinski definition) is 5. The van der Waals surface area contributed by atoms with Crippen molar-refractivity contribution in [1.82, 2.24) is 4.98 Å². The van der Waals surface area contributed by atoms with Crippen molar-refractivity contribution in [3.05, 3.63) is 71.3 Å². The number of halogens is 1. The van der Waals surface area contributed by atoms with E-state index in [1.165, 1.54) is 25.7 Å². The molecule has 1 N–H and O–H groups in total. The van der Waals surface area contributed by atoms with Gasteiger partial charge in [0.25, 0.3) is 0 Å². The average Bonchev–Trinajstić information content (AvgIpc) is 2.87. The van der Waals surface area contributed by atoms with Crippen LogP contribution in [0.2, 0.25) is 0 Å². The molecule has 0 radical (unpaired) electrons. The number of aromatic hydroxyl groups is 1. The standard InChI is InChI=1S/C21H23FN2O3.C3H8.2C2H6/c1-4-8-18(17-9-6-7-12-23-17)24-20(15(5-2)21(26)27-3)16-11-10-14(22)13-19(16)25;1-3-2;2*1-2/h5-7,9-13,20,25H,4,8H2,1-3H3;3H2,1-2H3;2*1-2H3/b15-5+,24-18?;;;. The van der Waals surface area contributed by atoms with Gasteiger partial charge in [-0.15, -0.1) is 0 Å². The smallest absolute Gasteiger partial charge is 0.335 e. The summed E-state index contributed by atoms with van der Waals surface area (Å²) in [6, 6.07) is 8.31. The normalized spacial score (nSPS) is 11.5. The number of ether oxygens (including phenoxy) is 1. The summed E-state index contributed by atoms with van der Waals surface area (Å²) in [4.78, 5) is 21.4. The molecule has 0 bridgehead atoms. The Morgan fingerprint density at radius 2 is 1.76 bits per heavy atom. The molecule has 190 valence electrons.